The van der Waals surface area contributed by atoms with Crippen LogP contribution in [-0.4, -0.2) is 20.0 Å². The predicted molar refractivity (Wildman–Crippen MR) is 40.9 cm³/mol. The van der Waals surface area contributed by atoms with E-state index in [0.29, 0.717) is 0 Å². The molecule has 0 aliphatic rings. The van der Waals surface area contributed by atoms with Crippen molar-refractivity contribution in [3.05, 3.63) is 10.9 Å². The van der Waals surface area contributed by atoms with Crippen molar-refractivity contribution < 1.29 is 12.6 Å². The van der Waals surface area contributed by atoms with E-state index in [1.165, 1.54) is 22.2 Å². The fourth-order valence-electron chi connectivity index (χ4n) is 0.540. The zero-order chi connectivity index (χ0) is 8.32. The van der Waals surface area contributed by atoms with Crippen LogP contribution in [0, 0.1) is 0 Å². The molecule has 0 aliphatic carbocycles. The first kappa shape index (κ1) is 8.63. The lowest BCUT2D eigenvalue weighted by molar-refractivity contribution is 0.336. The Balaban J connectivity index is 2.92. The number of nitrogens with zero attached hydrogens (tertiary/aromatic N) is 1. The molecule has 62 valence electrons. The summed E-state index contributed by atoms with van der Waals surface area (Å²) in [5, 5.41) is 1.43. The van der Waals surface area contributed by atoms with Crippen molar-refractivity contribution in [3.63, 3.8) is 0 Å². The Morgan fingerprint density at radius 2 is 2.45 bits per heavy atom. The molecule has 0 bridgehead atoms. The predicted octanol–water partition coefficient (Wildman–Crippen LogP) is 0.868. The molecule has 1 heterocycles. The molecule has 1 rings (SSSR count). The second-order valence-electron chi connectivity index (χ2n) is 1.69. The van der Waals surface area contributed by atoms with Crippen LogP contribution in [0.3, 0.4) is 0 Å². The van der Waals surface area contributed by atoms with E-state index in [2.05, 4.69) is 9.17 Å². The van der Waals surface area contributed by atoms with Crippen LogP contribution in [-0.2, 0) is 14.3 Å². The number of hydrogen-bond acceptors (Lipinski definition) is 5. The van der Waals surface area contributed by atoms with Crippen molar-refractivity contribution >= 4 is 21.5 Å². The molecule has 1 aromatic heterocycles. The molecular formula is C5H7NO3S2. The van der Waals surface area contributed by atoms with Gasteiger partial charge in [0.2, 0.25) is 0 Å². The van der Waals surface area contributed by atoms with Gasteiger partial charge in [-0.3, -0.25) is 4.18 Å². The molecule has 6 heteroatoms. The number of thiazole rings is 1. The lowest BCUT2D eigenvalue weighted by Crippen LogP contribution is -2.05. The molecule has 11 heavy (non-hydrogen) atoms. The monoisotopic (exact) mass is 193 g/mol. The average molecular weight is 193 g/mol. The lowest BCUT2D eigenvalue weighted by atomic mass is 10.9. The average Bonchev–Trinajstić information content (AvgIpc) is 2.37. The molecule has 0 amide bonds. The number of rotatable bonds is 3. The minimum Gasteiger partial charge on any atom is -0.265 e. The van der Waals surface area contributed by atoms with Gasteiger partial charge >= 0.3 is 10.1 Å². The summed E-state index contributed by atoms with van der Waals surface area (Å²) in [6, 6.07) is 0. The van der Waals surface area contributed by atoms with E-state index in [-0.39, 0.29) is 11.6 Å². The van der Waals surface area contributed by atoms with E-state index in [9.17, 15) is 8.42 Å². The van der Waals surface area contributed by atoms with Crippen LogP contribution in [0.2, 0.25) is 0 Å². The molecule has 0 spiro atoms. The second kappa shape index (κ2) is 3.29. The minimum atomic E-state index is -3.57. The molecule has 4 nitrogen and oxygen atoms in total. The highest BCUT2D eigenvalue weighted by molar-refractivity contribution is 7.86. The fourth-order valence-corrected chi connectivity index (χ4v) is 2.27. The van der Waals surface area contributed by atoms with Gasteiger partial charge in [0, 0.05) is 5.38 Å². The van der Waals surface area contributed by atoms with Gasteiger partial charge in [-0.2, -0.15) is 8.42 Å². The van der Waals surface area contributed by atoms with E-state index >= 15 is 0 Å². The van der Waals surface area contributed by atoms with Gasteiger partial charge in [-0.25, -0.2) is 4.98 Å². The zero-order valence-corrected chi connectivity index (χ0v) is 7.48. The van der Waals surface area contributed by atoms with Crippen molar-refractivity contribution in [2.24, 2.45) is 0 Å². The van der Waals surface area contributed by atoms with E-state index < -0.39 is 10.1 Å². The van der Waals surface area contributed by atoms with Crippen molar-refractivity contribution in [1.29, 1.82) is 0 Å². The molecule has 0 aliphatic heterocycles. The Morgan fingerprint density at radius 1 is 1.73 bits per heavy atom. The normalized spacial score (nSPS) is 11.7. The van der Waals surface area contributed by atoms with Gasteiger partial charge < -0.3 is 0 Å². The van der Waals surface area contributed by atoms with Crippen LogP contribution < -0.4 is 0 Å². The van der Waals surface area contributed by atoms with Crippen LogP contribution in [0.1, 0.15) is 6.92 Å². The third-order valence-electron chi connectivity index (χ3n) is 0.939. The fraction of sp³-hybridized carbons (Fsp3) is 0.400. The van der Waals surface area contributed by atoms with Crippen LogP contribution in [0.25, 0.3) is 0 Å². The van der Waals surface area contributed by atoms with E-state index in [1.807, 2.05) is 0 Å². The zero-order valence-electron chi connectivity index (χ0n) is 5.85. The summed E-state index contributed by atoms with van der Waals surface area (Å²) in [5.74, 6) is 0. The van der Waals surface area contributed by atoms with Crippen LogP contribution in [0.4, 0.5) is 0 Å². The van der Waals surface area contributed by atoms with E-state index in [1.54, 1.807) is 6.92 Å². The third-order valence-corrected chi connectivity index (χ3v) is 2.96. The summed E-state index contributed by atoms with van der Waals surface area (Å²) >= 11 is 1.22. The van der Waals surface area contributed by atoms with Gasteiger partial charge in [-0.15, -0.1) is 11.3 Å². The first-order valence-corrected chi connectivity index (χ1v) is 5.29. The Morgan fingerprint density at radius 3 is 2.91 bits per heavy atom. The van der Waals surface area contributed by atoms with Crippen LogP contribution in [0.15, 0.2) is 15.9 Å². The molecule has 0 saturated carbocycles. The SMILES string of the molecule is CCOS(=O)(=O)c1cscn1. The largest absolute Gasteiger partial charge is 0.315 e. The molecule has 0 N–H and O–H groups in total. The highest BCUT2D eigenvalue weighted by Gasteiger charge is 2.15. The lowest BCUT2D eigenvalue weighted by Gasteiger charge is -1.96. The summed E-state index contributed by atoms with van der Waals surface area (Å²) in [6.45, 7) is 1.75. The highest BCUT2D eigenvalue weighted by Crippen LogP contribution is 2.11. The Bertz CT molecular complexity index is 302. The second-order valence-corrected chi connectivity index (χ2v) is 3.97. The molecular weight excluding hydrogens is 186 g/mol. The summed E-state index contributed by atoms with van der Waals surface area (Å²) in [7, 11) is -3.57. The number of aromatic nitrogens is 1. The first-order chi connectivity index (χ1) is 5.17. The van der Waals surface area contributed by atoms with Crippen molar-refractivity contribution in [2.45, 2.75) is 11.9 Å². The Hall–Kier alpha value is -0.460. The van der Waals surface area contributed by atoms with Gasteiger partial charge in [-0.05, 0) is 6.92 Å². The maximum atomic E-state index is 11.0. The maximum Gasteiger partial charge on any atom is 0.315 e. The maximum absolute atomic E-state index is 11.0. The van der Waals surface area contributed by atoms with Gasteiger partial charge in [0.1, 0.15) is 0 Å². The third kappa shape index (κ3) is 1.98. The summed E-state index contributed by atoms with van der Waals surface area (Å²) in [4.78, 5) is 3.61. The molecule has 0 fully saturated rings. The molecule has 1 aromatic rings. The molecule has 0 radical (unpaired) electrons. The van der Waals surface area contributed by atoms with Gasteiger partial charge in [0.05, 0.1) is 12.1 Å². The summed E-state index contributed by atoms with van der Waals surface area (Å²) < 4.78 is 26.5. The summed E-state index contributed by atoms with van der Waals surface area (Å²) in [6.07, 6.45) is 0. The van der Waals surface area contributed by atoms with Crippen molar-refractivity contribution in [2.75, 3.05) is 6.61 Å². The quantitative estimate of drug-likeness (QED) is 0.668. The molecule has 0 saturated heterocycles. The van der Waals surface area contributed by atoms with Gasteiger partial charge in [0.15, 0.2) is 5.03 Å². The first-order valence-electron chi connectivity index (χ1n) is 2.94. The number of hydrogen-bond donors (Lipinski definition) is 0. The smallest absolute Gasteiger partial charge is 0.265 e. The topological polar surface area (TPSA) is 56.3 Å². The van der Waals surface area contributed by atoms with Crippen molar-refractivity contribution in [3.8, 4) is 0 Å². The highest BCUT2D eigenvalue weighted by atomic mass is 32.2. The van der Waals surface area contributed by atoms with Gasteiger partial charge in [-0.1, -0.05) is 0 Å². The van der Waals surface area contributed by atoms with Crippen LogP contribution >= 0.6 is 11.3 Å². The Labute approximate surface area is 69.0 Å². The summed E-state index contributed by atoms with van der Waals surface area (Å²) in [5.41, 5.74) is 1.45. The molecule has 0 atom stereocenters. The van der Waals surface area contributed by atoms with Crippen LogP contribution in [0.5, 0.6) is 0 Å². The van der Waals surface area contributed by atoms with Crippen molar-refractivity contribution in [1.82, 2.24) is 4.98 Å². The van der Waals surface area contributed by atoms with Gasteiger partial charge in [0.25, 0.3) is 0 Å². The minimum absolute atomic E-state index is 0.00986. The Kier molecular flexibility index (Phi) is 2.58. The van der Waals surface area contributed by atoms with E-state index in [0.717, 1.165) is 0 Å². The standard InChI is InChI=1S/C5H7NO3S2/c1-2-9-11(7,8)5-3-10-4-6-5/h3-4H,2H2,1H3. The molecule has 0 aromatic carbocycles. The van der Waals surface area contributed by atoms with E-state index in [4.69, 9.17) is 0 Å². The molecule has 0 unspecified atom stereocenters.